The molecule has 0 amide bonds. The molecule has 0 bridgehead atoms. The fourth-order valence-corrected chi connectivity index (χ4v) is 3.04. The number of carbonyl (C=O) groups is 1. The van der Waals surface area contributed by atoms with Crippen LogP contribution in [0.2, 0.25) is 0 Å². The summed E-state index contributed by atoms with van der Waals surface area (Å²) in [4.78, 5) is 20.5. The van der Waals surface area contributed by atoms with Gasteiger partial charge in [-0.1, -0.05) is 42.1 Å². The molecule has 1 aromatic heterocycles. The third-order valence-corrected chi connectivity index (χ3v) is 4.14. The second kappa shape index (κ2) is 5.63. The van der Waals surface area contributed by atoms with E-state index in [2.05, 4.69) is 9.97 Å². The largest absolute Gasteiger partial charge is 0.465 e. The van der Waals surface area contributed by atoms with Gasteiger partial charge in [-0.05, 0) is 13.0 Å². The van der Waals surface area contributed by atoms with Crippen molar-refractivity contribution in [1.29, 1.82) is 0 Å². The van der Waals surface area contributed by atoms with Crippen LogP contribution in [0.15, 0.2) is 41.6 Å². The molecule has 0 aliphatic carbocycles. The number of esters is 1. The molecule has 0 radical (unpaired) electrons. The number of thioether (sulfide) groups is 1. The van der Waals surface area contributed by atoms with Crippen LogP contribution >= 0.6 is 11.8 Å². The average molecular weight is 286 g/mol. The average Bonchev–Trinajstić information content (AvgIpc) is 2.85. The molecule has 1 fully saturated rings. The number of carbonyl (C=O) groups excluding carboxylic acids is 1. The minimum Gasteiger partial charge on any atom is -0.465 e. The van der Waals surface area contributed by atoms with Crippen LogP contribution in [-0.2, 0) is 9.53 Å². The zero-order valence-corrected chi connectivity index (χ0v) is 11.9. The van der Waals surface area contributed by atoms with Gasteiger partial charge in [-0.3, -0.25) is 4.79 Å². The molecule has 0 spiro atoms. The van der Waals surface area contributed by atoms with Gasteiger partial charge in [0.2, 0.25) is 0 Å². The van der Waals surface area contributed by atoms with Crippen molar-refractivity contribution in [2.75, 3.05) is 6.61 Å². The Kier molecular flexibility index (Phi) is 3.69. The highest BCUT2D eigenvalue weighted by Crippen LogP contribution is 2.29. The van der Waals surface area contributed by atoms with Gasteiger partial charge in [-0.2, -0.15) is 0 Å². The maximum absolute atomic E-state index is 11.5. The molecule has 102 valence electrons. The van der Waals surface area contributed by atoms with Gasteiger partial charge in [-0.25, -0.2) is 9.97 Å². The van der Waals surface area contributed by atoms with Crippen molar-refractivity contribution < 1.29 is 9.53 Å². The lowest BCUT2D eigenvalue weighted by Gasteiger charge is -2.07. The zero-order chi connectivity index (χ0) is 13.9. The monoisotopic (exact) mass is 286 g/mol. The lowest BCUT2D eigenvalue weighted by atomic mass is 10.1. The van der Waals surface area contributed by atoms with Crippen LogP contribution in [0.4, 0.5) is 0 Å². The van der Waals surface area contributed by atoms with E-state index in [-0.39, 0.29) is 11.2 Å². The molecule has 3 rings (SSSR count). The van der Waals surface area contributed by atoms with Gasteiger partial charge in [0, 0.05) is 17.7 Å². The Bertz CT molecular complexity index is 631. The zero-order valence-electron chi connectivity index (χ0n) is 11.1. The van der Waals surface area contributed by atoms with E-state index in [1.54, 1.807) is 0 Å². The maximum atomic E-state index is 11.5. The van der Waals surface area contributed by atoms with Gasteiger partial charge in [0.05, 0.1) is 12.3 Å². The molecule has 1 aliphatic rings. The van der Waals surface area contributed by atoms with E-state index in [0.29, 0.717) is 11.8 Å². The smallest absolute Gasteiger partial charge is 0.319 e. The molecule has 2 aromatic rings. The van der Waals surface area contributed by atoms with Crippen molar-refractivity contribution in [2.45, 2.75) is 23.8 Å². The first kappa shape index (κ1) is 13.1. The predicted molar refractivity (Wildman–Crippen MR) is 77.4 cm³/mol. The molecule has 1 saturated heterocycles. The van der Waals surface area contributed by atoms with Gasteiger partial charge in [0.15, 0.2) is 5.16 Å². The van der Waals surface area contributed by atoms with Crippen LogP contribution < -0.4 is 0 Å². The number of benzene rings is 1. The van der Waals surface area contributed by atoms with Crippen molar-refractivity contribution in [2.24, 2.45) is 0 Å². The number of aryl methyl sites for hydroxylation is 1. The van der Waals surface area contributed by atoms with Crippen LogP contribution in [0, 0.1) is 6.92 Å². The molecule has 5 heteroatoms. The molecule has 0 N–H and O–H groups in total. The van der Waals surface area contributed by atoms with Crippen LogP contribution in [0.25, 0.3) is 11.3 Å². The van der Waals surface area contributed by atoms with Crippen molar-refractivity contribution in [3.63, 3.8) is 0 Å². The molecular weight excluding hydrogens is 272 g/mol. The van der Waals surface area contributed by atoms with Crippen LogP contribution in [-0.4, -0.2) is 27.8 Å². The first-order valence-corrected chi connectivity index (χ1v) is 7.35. The number of hydrogen-bond donors (Lipinski definition) is 0. The fraction of sp³-hybridized carbons (Fsp3) is 0.267. The number of ether oxygens (including phenoxy) is 1. The summed E-state index contributed by atoms with van der Waals surface area (Å²) >= 11 is 1.39. The second-order valence-electron chi connectivity index (χ2n) is 4.61. The van der Waals surface area contributed by atoms with Gasteiger partial charge < -0.3 is 4.74 Å². The summed E-state index contributed by atoms with van der Waals surface area (Å²) in [5, 5.41) is 0.452. The molecule has 0 unspecified atom stereocenters. The van der Waals surface area contributed by atoms with Crippen LogP contribution in [0.1, 0.15) is 12.1 Å². The lowest BCUT2D eigenvalue weighted by molar-refractivity contribution is -0.137. The van der Waals surface area contributed by atoms with Crippen molar-refractivity contribution in [3.8, 4) is 11.3 Å². The van der Waals surface area contributed by atoms with Crippen molar-refractivity contribution in [1.82, 2.24) is 9.97 Å². The highest BCUT2D eigenvalue weighted by molar-refractivity contribution is 8.00. The number of nitrogens with zero attached hydrogens (tertiary/aromatic N) is 2. The second-order valence-corrected chi connectivity index (χ2v) is 5.78. The fourth-order valence-electron chi connectivity index (χ4n) is 2.06. The maximum Gasteiger partial charge on any atom is 0.319 e. The molecule has 20 heavy (non-hydrogen) atoms. The van der Waals surface area contributed by atoms with E-state index in [9.17, 15) is 4.79 Å². The Balaban J connectivity index is 1.89. The summed E-state index contributed by atoms with van der Waals surface area (Å²) in [6, 6.07) is 11.9. The molecule has 0 saturated carbocycles. The van der Waals surface area contributed by atoms with Gasteiger partial charge in [-0.15, -0.1) is 0 Å². The summed E-state index contributed by atoms with van der Waals surface area (Å²) in [7, 11) is 0. The standard InChI is InChI=1S/C15H14N2O2S/c1-10-9-12(11-5-3-2-4-6-11)17-15(16-10)20-13-7-8-19-14(13)18/h2-6,9,13H,7-8H2,1H3/t13-/m0/s1. The third-order valence-electron chi connectivity index (χ3n) is 3.04. The van der Waals surface area contributed by atoms with Crippen molar-refractivity contribution >= 4 is 17.7 Å². The first-order valence-electron chi connectivity index (χ1n) is 6.47. The Morgan fingerprint density at radius 2 is 2.05 bits per heavy atom. The highest BCUT2D eigenvalue weighted by Gasteiger charge is 2.28. The summed E-state index contributed by atoms with van der Waals surface area (Å²) in [5.41, 5.74) is 2.83. The van der Waals surface area contributed by atoms with E-state index in [0.717, 1.165) is 23.4 Å². The number of aromatic nitrogens is 2. The normalized spacial score (nSPS) is 18.1. The minimum atomic E-state index is -0.180. The van der Waals surface area contributed by atoms with Crippen molar-refractivity contribution in [3.05, 3.63) is 42.1 Å². The summed E-state index contributed by atoms with van der Waals surface area (Å²) in [5.74, 6) is -0.165. The van der Waals surface area contributed by atoms with Gasteiger partial charge in [0.25, 0.3) is 0 Å². The molecule has 4 nitrogen and oxygen atoms in total. The summed E-state index contributed by atoms with van der Waals surface area (Å²) in [6.45, 7) is 2.43. The van der Waals surface area contributed by atoms with Gasteiger partial charge in [0.1, 0.15) is 5.25 Å². The summed E-state index contributed by atoms with van der Waals surface area (Å²) in [6.07, 6.45) is 0.724. The van der Waals surface area contributed by atoms with Gasteiger partial charge >= 0.3 is 5.97 Å². The highest BCUT2D eigenvalue weighted by atomic mass is 32.2. The van der Waals surface area contributed by atoms with Crippen LogP contribution in [0.3, 0.4) is 0 Å². The van der Waals surface area contributed by atoms with E-state index in [1.807, 2.05) is 43.3 Å². The molecule has 2 heterocycles. The number of rotatable bonds is 3. The van der Waals surface area contributed by atoms with E-state index in [1.165, 1.54) is 11.8 Å². The topological polar surface area (TPSA) is 52.1 Å². The Hall–Kier alpha value is -1.88. The summed E-state index contributed by atoms with van der Waals surface area (Å²) < 4.78 is 4.97. The van der Waals surface area contributed by atoms with E-state index in [4.69, 9.17) is 4.74 Å². The third kappa shape index (κ3) is 2.82. The quantitative estimate of drug-likeness (QED) is 0.641. The Morgan fingerprint density at radius 3 is 2.75 bits per heavy atom. The molecule has 1 aliphatic heterocycles. The molecular formula is C15H14N2O2S. The number of cyclic esters (lactones) is 1. The van der Waals surface area contributed by atoms with E-state index < -0.39 is 0 Å². The SMILES string of the molecule is Cc1cc(-c2ccccc2)nc(S[C@H]2CCOC2=O)n1. The first-order chi connectivity index (χ1) is 9.72. The van der Waals surface area contributed by atoms with Crippen LogP contribution in [0.5, 0.6) is 0 Å². The Morgan fingerprint density at radius 1 is 1.25 bits per heavy atom. The Labute approximate surface area is 121 Å². The molecule has 1 atom stereocenters. The number of hydrogen-bond acceptors (Lipinski definition) is 5. The predicted octanol–water partition coefficient (Wildman–Crippen LogP) is 2.86. The molecule has 1 aromatic carbocycles. The van der Waals surface area contributed by atoms with E-state index >= 15 is 0 Å². The lowest BCUT2D eigenvalue weighted by Crippen LogP contribution is -2.10. The minimum absolute atomic E-state index is 0.165.